The number of carbonyl (C=O) groups excluding carboxylic acids is 2. The van der Waals surface area contributed by atoms with Crippen LogP contribution in [0.25, 0.3) is 0 Å². The summed E-state index contributed by atoms with van der Waals surface area (Å²) in [5, 5.41) is 0. The molecule has 3 rings (SSSR count). The Morgan fingerprint density at radius 3 is 1.90 bits per heavy atom. The van der Waals surface area contributed by atoms with E-state index < -0.39 is 77.7 Å². The van der Waals surface area contributed by atoms with Gasteiger partial charge in [0.05, 0.1) is 41.6 Å². The Kier molecular flexibility index (Phi) is 8.80. The molecule has 1 aliphatic rings. The average molecular weight is 600 g/mol. The molecular formula is C26H25F9N2O4. The molecule has 2 unspecified atom stereocenters. The number of fused-ring (bicyclic) bond motifs is 1. The van der Waals surface area contributed by atoms with E-state index in [2.05, 4.69) is 0 Å². The van der Waals surface area contributed by atoms with E-state index in [1.165, 1.54) is 6.92 Å². The molecule has 6 nitrogen and oxygen atoms in total. The van der Waals surface area contributed by atoms with Crippen LogP contribution in [0.15, 0.2) is 36.4 Å². The number of hydrogen-bond acceptors (Lipinski definition) is 4. The van der Waals surface area contributed by atoms with Gasteiger partial charge in [0.2, 0.25) is 0 Å². The number of rotatable bonds is 4. The Labute approximate surface area is 228 Å². The van der Waals surface area contributed by atoms with Crippen molar-refractivity contribution in [1.82, 2.24) is 4.90 Å². The fraction of sp³-hybridized carbons (Fsp3) is 0.462. The average Bonchev–Trinajstić information content (AvgIpc) is 2.83. The first-order chi connectivity index (χ1) is 18.7. The first-order valence-corrected chi connectivity index (χ1v) is 12.1. The molecule has 15 heteroatoms. The normalized spacial score (nSPS) is 17.8. The van der Waals surface area contributed by atoms with Crippen molar-refractivity contribution in [2.24, 2.45) is 0 Å². The maximum Gasteiger partial charge on any atom is 0.416 e. The van der Waals surface area contributed by atoms with E-state index in [-0.39, 0.29) is 23.7 Å². The maximum absolute atomic E-state index is 13.7. The van der Waals surface area contributed by atoms with Crippen LogP contribution in [-0.2, 0) is 34.5 Å². The maximum atomic E-state index is 13.7. The fourth-order valence-corrected chi connectivity index (χ4v) is 4.57. The van der Waals surface area contributed by atoms with Crippen LogP contribution in [0.1, 0.15) is 61.1 Å². The van der Waals surface area contributed by atoms with E-state index in [4.69, 9.17) is 9.47 Å². The van der Waals surface area contributed by atoms with Crippen molar-refractivity contribution in [3.8, 4) is 0 Å². The highest BCUT2D eigenvalue weighted by molar-refractivity contribution is 5.90. The van der Waals surface area contributed by atoms with Crippen molar-refractivity contribution in [3.05, 3.63) is 64.2 Å². The van der Waals surface area contributed by atoms with Crippen LogP contribution in [-0.4, -0.2) is 36.3 Å². The molecule has 0 fully saturated rings. The molecule has 0 aliphatic carbocycles. The molecular weight excluding hydrogens is 575 g/mol. The smallest absolute Gasteiger partial charge is 0.416 e. The van der Waals surface area contributed by atoms with Crippen LogP contribution in [0.5, 0.6) is 0 Å². The summed E-state index contributed by atoms with van der Waals surface area (Å²) in [6.07, 6.45) is -18.2. The number of carbonyl (C=O) groups is 2. The van der Waals surface area contributed by atoms with Gasteiger partial charge in [-0.1, -0.05) is 0 Å². The predicted molar refractivity (Wildman–Crippen MR) is 127 cm³/mol. The van der Waals surface area contributed by atoms with Gasteiger partial charge in [-0.2, -0.15) is 39.5 Å². The first-order valence-electron chi connectivity index (χ1n) is 12.1. The van der Waals surface area contributed by atoms with Crippen molar-refractivity contribution in [1.29, 1.82) is 0 Å². The molecule has 0 saturated carbocycles. The molecule has 41 heavy (non-hydrogen) atoms. The second-order valence-corrected chi connectivity index (χ2v) is 9.69. The van der Waals surface area contributed by atoms with Gasteiger partial charge in [0.15, 0.2) is 0 Å². The van der Waals surface area contributed by atoms with E-state index in [0.29, 0.717) is 24.3 Å². The lowest BCUT2D eigenvalue weighted by Gasteiger charge is -2.43. The van der Waals surface area contributed by atoms with E-state index in [1.54, 1.807) is 13.8 Å². The predicted octanol–water partition coefficient (Wildman–Crippen LogP) is 8.20. The van der Waals surface area contributed by atoms with Gasteiger partial charge >= 0.3 is 30.7 Å². The topological polar surface area (TPSA) is 59.1 Å². The van der Waals surface area contributed by atoms with Crippen molar-refractivity contribution in [2.75, 3.05) is 12.0 Å². The summed E-state index contributed by atoms with van der Waals surface area (Å²) < 4.78 is 132. The SMILES string of the molecule is COC(=O)N(Cc1cc(C(F)(F)F)cc(C(F)(F)F)c1)C1CC(C)N(C(=O)OC(C)C)c2ccc(C(F)(F)F)cc21. The fourth-order valence-electron chi connectivity index (χ4n) is 4.57. The number of anilines is 1. The molecule has 0 spiro atoms. The van der Waals surface area contributed by atoms with Gasteiger partial charge in [0, 0.05) is 12.6 Å². The van der Waals surface area contributed by atoms with Gasteiger partial charge in [-0.3, -0.25) is 9.80 Å². The number of hydrogen-bond donors (Lipinski definition) is 0. The van der Waals surface area contributed by atoms with Crippen LogP contribution >= 0.6 is 0 Å². The summed E-state index contributed by atoms with van der Waals surface area (Å²) in [4.78, 5) is 27.5. The lowest BCUT2D eigenvalue weighted by molar-refractivity contribution is -0.143. The third kappa shape index (κ3) is 7.17. The summed E-state index contributed by atoms with van der Waals surface area (Å²) in [6.45, 7) is 3.71. The van der Waals surface area contributed by atoms with Gasteiger partial charge in [0.25, 0.3) is 0 Å². The lowest BCUT2D eigenvalue weighted by Crippen LogP contribution is -2.48. The Bertz CT molecular complexity index is 1260. The quantitative estimate of drug-likeness (QED) is 0.332. The Morgan fingerprint density at radius 2 is 1.44 bits per heavy atom. The minimum atomic E-state index is -5.17. The summed E-state index contributed by atoms with van der Waals surface area (Å²) in [5.41, 5.74) is -5.33. The van der Waals surface area contributed by atoms with Crippen LogP contribution in [0.2, 0.25) is 0 Å². The Hall–Kier alpha value is -3.65. The summed E-state index contributed by atoms with van der Waals surface area (Å²) in [7, 11) is 0.897. The zero-order chi connectivity index (χ0) is 31.1. The molecule has 0 bridgehead atoms. The first kappa shape index (κ1) is 31.9. The molecule has 2 atom stereocenters. The third-order valence-corrected chi connectivity index (χ3v) is 6.30. The van der Waals surface area contributed by atoms with Crippen LogP contribution < -0.4 is 4.90 Å². The van der Waals surface area contributed by atoms with Gasteiger partial charge < -0.3 is 9.47 Å². The number of ether oxygens (including phenoxy) is 2. The molecule has 2 amide bonds. The number of halogens is 9. The highest BCUT2D eigenvalue weighted by Gasteiger charge is 2.42. The summed E-state index contributed by atoms with van der Waals surface area (Å²) in [6, 6.07) is 0.936. The minimum Gasteiger partial charge on any atom is -0.453 e. The second-order valence-electron chi connectivity index (χ2n) is 9.69. The molecule has 2 aromatic rings. The lowest BCUT2D eigenvalue weighted by atomic mass is 9.89. The minimum absolute atomic E-state index is 0.0821. The van der Waals surface area contributed by atoms with E-state index >= 15 is 0 Å². The van der Waals surface area contributed by atoms with Crippen molar-refractivity contribution in [2.45, 2.75) is 70.5 Å². The largest absolute Gasteiger partial charge is 0.453 e. The van der Waals surface area contributed by atoms with Gasteiger partial charge in [-0.05, 0) is 74.7 Å². The van der Waals surface area contributed by atoms with Crippen molar-refractivity contribution >= 4 is 17.9 Å². The molecule has 1 heterocycles. The molecule has 0 aromatic heterocycles. The molecule has 0 saturated heterocycles. The van der Waals surface area contributed by atoms with E-state index in [9.17, 15) is 49.1 Å². The standard InChI is InChI=1S/C26H25F9N2O4/c1-13(2)41-23(39)37-14(3)7-21(19-11-16(24(27,28)29)5-6-20(19)37)36(22(38)40-4)12-15-8-17(25(30,31)32)10-18(9-15)26(33,34)35/h5-6,8-11,13-14,21H,7,12H2,1-4H3. The van der Waals surface area contributed by atoms with Crippen molar-refractivity contribution in [3.63, 3.8) is 0 Å². The highest BCUT2D eigenvalue weighted by Crippen LogP contribution is 2.45. The summed E-state index contributed by atoms with van der Waals surface area (Å²) >= 11 is 0. The zero-order valence-electron chi connectivity index (χ0n) is 22.0. The van der Waals surface area contributed by atoms with Gasteiger partial charge in [0.1, 0.15) is 0 Å². The number of methoxy groups -OCH3 is 1. The number of amides is 2. The van der Waals surface area contributed by atoms with Crippen LogP contribution in [0, 0.1) is 0 Å². The van der Waals surface area contributed by atoms with Crippen molar-refractivity contribution < 1.29 is 58.6 Å². The highest BCUT2D eigenvalue weighted by atomic mass is 19.4. The second kappa shape index (κ2) is 11.3. The van der Waals surface area contributed by atoms with Gasteiger partial charge in [-0.25, -0.2) is 9.59 Å². The zero-order valence-corrected chi connectivity index (χ0v) is 22.0. The summed E-state index contributed by atoms with van der Waals surface area (Å²) in [5.74, 6) is 0. The number of alkyl halides is 9. The monoisotopic (exact) mass is 600 g/mol. The molecule has 2 aromatic carbocycles. The van der Waals surface area contributed by atoms with Crippen LogP contribution in [0.3, 0.4) is 0 Å². The number of benzene rings is 2. The third-order valence-electron chi connectivity index (χ3n) is 6.30. The molecule has 1 aliphatic heterocycles. The molecule has 0 radical (unpaired) electrons. The number of nitrogens with zero attached hydrogens (tertiary/aromatic N) is 2. The van der Waals surface area contributed by atoms with Crippen LogP contribution in [0.4, 0.5) is 54.8 Å². The Morgan fingerprint density at radius 1 is 0.902 bits per heavy atom. The van der Waals surface area contributed by atoms with Gasteiger partial charge in [-0.15, -0.1) is 0 Å². The molecule has 226 valence electrons. The van der Waals surface area contributed by atoms with E-state index in [1.807, 2.05) is 0 Å². The Balaban J connectivity index is 2.20. The van der Waals surface area contributed by atoms with E-state index in [0.717, 1.165) is 23.0 Å². The molecule has 0 N–H and O–H groups in total.